The Hall–Kier alpha value is -4.57. The fourth-order valence-electron chi connectivity index (χ4n) is 5.75. The molecule has 0 unspecified atom stereocenters. The summed E-state index contributed by atoms with van der Waals surface area (Å²) in [6.45, 7) is 0. The van der Waals surface area contributed by atoms with E-state index in [1.54, 1.807) is 36.4 Å². The van der Waals surface area contributed by atoms with Gasteiger partial charge in [0.25, 0.3) is 5.91 Å². The summed E-state index contributed by atoms with van der Waals surface area (Å²) in [6.07, 6.45) is -0.980. The zero-order valence-electron chi connectivity index (χ0n) is 19.4. The van der Waals surface area contributed by atoms with E-state index in [0.717, 1.165) is 5.56 Å². The minimum absolute atomic E-state index is 0.103. The lowest BCUT2D eigenvalue weighted by Gasteiger charge is -2.41. The normalized spacial score (nSPS) is 27.2. The number of nitrogens with zero attached hydrogens (tertiary/aromatic N) is 1. The lowest BCUT2D eigenvalue weighted by Crippen LogP contribution is -2.65. The van der Waals surface area contributed by atoms with Crippen LogP contribution >= 0.6 is 0 Å². The first kappa shape index (κ1) is 21.7. The van der Waals surface area contributed by atoms with Crippen LogP contribution in [0.1, 0.15) is 27.9 Å². The molecule has 0 radical (unpaired) electrons. The first-order chi connectivity index (χ1) is 17.8. The van der Waals surface area contributed by atoms with Gasteiger partial charge in [0.15, 0.2) is 5.75 Å². The van der Waals surface area contributed by atoms with E-state index in [4.69, 9.17) is 4.74 Å². The van der Waals surface area contributed by atoms with Crippen molar-refractivity contribution in [2.75, 3.05) is 10.2 Å². The number of nitrogens with one attached hydrogen (secondary N) is 3. The Morgan fingerprint density at radius 3 is 2.49 bits per heavy atom. The number of anilines is 2. The third-order valence-electron chi connectivity index (χ3n) is 7.55. The highest BCUT2D eigenvalue weighted by atomic mass is 16.5. The molecule has 7 aliphatic heterocycles. The van der Waals surface area contributed by atoms with Gasteiger partial charge >= 0.3 is 0 Å². The van der Waals surface area contributed by atoms with Gasteiger partial charge in [0.1, 0.15) is 35.3 Å². The van der Waals surface area contributed by atoms with Crippen molar-refractivity contribution in [1.82, 2.24) is 10.6 Å². The van der Waals surface area contributed by atoms with Gasteiger partial charge in [0.2, 0.25) is 11.8 Å². The molecule has 186 valence electrons. The smallest absolute Gasteiger partial charge is 0.262 e. The number of phenols is 1. The van der Waals surface area contributed by atoms with E-state index in [2.05, 4.69) is 16.0 Å². The highest BCUT2D eigenvalue weighted by Crippen LogP contribution is 2.52. The number of hydrogen-bond acceptors (Lipinski definition) is 7. The van der Waals surface area contributed by atoms with Gasteiger partial charge in [-0.05, 0) is 48.0 Å². The van der Waals surface area contributed by atoms with Crippen LogP contribution in [0.25, 0.3) is 0 Å². The number of hydrogen-bond donors (Lipinski definition) is 5. The summed E-state index contributed by atoms with van der Waals surface area (Å²) < 4.78 is 6.14. The van der Waals surface area contributed by atoms with E-state index < -0.39 is 29.8 Å². The highest BCUT2D eigenvalue weighted by Gasteiger charge is 2.57. The standard InChI is InChI=1S/C27H22N4O6/c32-14-6-9-20-17(11-14)27(36)12-19-24(34)28-18(23(33)29-19)10-13-4-7-15(8-5-13)37-21-3-1-2-16-22(21)30-26(27)31(20)25(16)35/h1-9,11,18-19,26,30,32,36H,10,12H2,(H,28,34)(H,29,33)/t18-,19-,26+,27+/m1/s1. The van der Waals surface area contributed by atoms with Crippen LogP contribution in [0, 0.1) is 0 Å². The number of aromatic hydroxyl groups is 1. The average Bonchev–Trinajstić information content (AvgIpc) is 3.11. The van der Waals surface area contributed by atoms with Crippen LogP contribution in [0.2, 0.25) is 0 Å². The van der Waals surface area contributed by atoms with Gasteiger partial charge in [-0.3, -0.25) is 19.3 Å². The molecule has 0 aliphatic carbocycles. The number of fused-ring (bicyclic) bond motifs is 2. The molecule has 1 saturated heterocycles. The van der Waals surface area contributed by atoms with Gasteiger partial charge in [-0.25, -0.2) is 0 Å². The highest BCUT2D eigenvalue weighted by molar-refractivity contribution is 6.14. The first-order valence-corrected chi connectivity index (χ1v) is 12.0. The van der Waals surface area contributed by atoms with Gasteiger partial charge in [-0.2, -0.15) is 0 Å². The third kappa shape index (κ3) is 3.12. The molecule has 0 saturated carbocycles. The lowest BCUT2D eigenvalue weighted by molar-refractivity contribution is -0.138. The van der Waals surface area contributed by atoms with E-state index in [-0.39, 0.29) is 29.5 Å². The van der Waals surface area contributed by atoms with Crippen LogP contribution in [0.15, 0.2) is 60.7 Å². The van der Waals surface area contributed by atoms with Crippen molar-refractivity contribution in [3.05, 3.63) is 77.4 Å². The van der Waals surface area contributed by atoms with E-state index >= 15 is 0 Å². The number of phenolic OH excluding ortho intramolecular Hbond substituents is 1. The molecule has 3 aromatic carbocycles. The molecule has 0 spiro atoms. The Balaban J connectivity index is 1.43. The Morgan fingerprint density at radius 1 is 0.919 bits per heavy atom. The van der Waals surface area contributed by atoms with E-state index in [1.807, 2.05) is 12.1 Å². The van der Waals surface area contributed by atoms with E-state index in [1.165, 1.54) is 17.0 Å². The van der Waals surface area contributed by atoms with Gasteiger partial charge in [-0.1, -0.05) is 18.2 Å². The second-order valence-electron chi connectivity index (χ2n) is 9.80. The number of rotatable bonds is 0. The zero-order chi connectivity index (χ0) is 25.5. The van der Waals surface area contributed by atoms with Crippen molar-refractivity contribution in [3.8, 4) is 17.2 Å². The summed E-state index contributed by atoms with van der Waals surface area (Å²) in [7, 11) is 0. The molecule has 10 rings (SSSR count). The summed E-state index contributed by atoms with van der Waals surface area (Å²) in [4.78, 5) is 41.3. The maximum atomic E-state index is 13.8. The molecule has 10 nitrogen and oxygen atoms in total. The quantitative estimate of drug-likeness (QED) is 0.318. The molecule has 3 amide bonds. The van der Waals surface area contributed by atoms with E-state index in [9.17, 15) is 24.6 Å². The lowest BCUT2D eigenvalue weighted by atomic mass is 9.84. The summed E-state index contributed by atoms with van der Waals surface area (Å²) in [5.74, 6) is -0.360. The molecule has 7 heterocycles. The minimum atomic E-state index is -1.84. The molecular weight excluding hydrogens is 476 g/mol. The molecule has 5 N–H and O–H groups in total. The summed E-state index contributed by atoms with van der Waals surface area (Å²) in [5, 5.41) is 31.3. The van der Waals surface area contributed by atoms with Crippen molar-refractivity contribution in [2.24, 2.45) is 0 Å². The minimum Gasteiger partial charge on any atom is -0.508 e. The van der Waals surface area contributed by atoms with Gasteiger partial charge in [0, 0.05) is 18.4 Å². The molecule has 3 aromatic rings. The van der Waals surface area contributed by atoms with Crippen LogP contribution in [0.3, 0.4) is 0 Å². The second kappa shape index (κ2) is 7.47. The maximum Gasteiger partial charge on any atom is 0.262 e. The number of benzene rings is 3. The zero-order valence-corrected chi connectivity index (χ0v) is 19.4. The topological polar surface area (TPSA) is 140 Å². The number of para-hydroxylation sites is 1. The van der Waals surface area contributed by atoms with Gasteiger partial charge in [0.05, 0.1) is 16.9 Å². The number of aliphatic hydroxyl groups is 1. The van der Waals surface area contributed by atoms with Crippen LogP contribution in [-0.4, -0.2) is 46.2 Å². The summed E-state index contributed by atoms with van der Waals surface area (Å²) >= 11 is 0. The average molecular weight is 498 g/mol. The number of carbonyl (C=O) groups is 3. The van der Waals surface area contributed by atoms with Crippen molar-refractivity contribution >= 4 is 29.1 Å². The number of carbonyl (C=O) groups excluding carboxylic acids is 3. The first-order valence-electron chi connectivity index (χ1n) is 12.0. The Kier molecular flexibility index (Phi) is 4.38. The van der Waals surface area contributed by atoms with Crippen molar-refractivity contribution in [1.29, 1.82) is 0 Å². The fraction of sp³-hybridized carbons (Fsp3) is 0.222. The maximum absolute atomic E-state index is 13.8. The Labute approximate surface area is 210 Å². The number of ether oxygens (including phenoxy) is 1. The SMILES string of the molecule is O=C1N[C@@H]2C[C@]3(O)c4cc(O)ccc4N4C(=O)c5cccc(c5N[C@@H]43)Oc3ccc(cc3)C[C@H]1NC2=O. The van der Waals surface area contributed by atoms with Crippen molar-refractivity contribution < 1.29 is 29.3 Å². The number of piperazine rings is 1. The number of amides is 3. The molecule has 37 heavy (non-hydrogen) atoms. The fourth-order valence-corrected chi connectivity index (χ4v) is 5.75. The van der Waals surface area contributed by atoms with Crippen molar-refractivity contribution in [3.63, 3.8) is 0 Å². The molecule has 1 fully saturated rings. The third-order valence-corrected chi connectivity index (χ3v) is 7.55. The monoisotopic (exact) mass is 498 g/mol. The van der Waals surface area contributed by atoms with Crippen LogP contribution in [0.5, 0.6) is 17.2 Å². The molecule has 7 aliphatic rings. The molecule has 0 aromatic heterocycles. The molecule has 4 atom stereocenters. The predicted octanol–water partition coefficient (Wildman–Crippen LogP) is 1.71. The van der Waals surface area contributed by atoms with E-state index in [0.29, 0.717) is 34.9 Å². The molecule has 6 bridgehead atoms. The van der Waals surface area contributed by atoms with Gasteiger partial charge < -0.3 is 30.9 Å². The summed E-state index contributed by atoms with van der Waals surface area (Å²) in [6, 6.07) is 14.8. The largest absolute Gasteiger partial charge is 0.508 e. The Morgan fingerprint density at radius 2 is 1.68 bits per heavy atom. The van der Waals surface area contributed by atoms with Crippen LogP contribution < -0.4 is 25.6 Å². The second-order valence-corrected chi connectivity index (χ2v) is 9.80. The van der Waals surface area contributed by atoms with Gasteiger partial charge in [-0.15, -0.1) is 0 Å². The van der Waals surface area contributed by atoms with Crippen LogP contribution in [0.4, 0.5) is 11.4 Å². The van der Waals surface area contributed by atoms with Crippen molar-refractivity contribution in [2.45, 2.75) is 36.7 Å². The predicted molar refractivity (Wildman–Crippen MR) is 131 cm³/mol. The molecule has 10 heteroatoms. The summed E-state index contributed by atoms with van der Waals surface area (Å²) in [5.41, 5.74) is 0.409. The Bertz CT molecular complexity index is 1510. The molecular formula is C27H22N4O6. The van der Waals surface area contributed by atoms with Crippen LogP contribution in [-0.2, 0) is 21.6 Å².